The van der Waals surface area contributed by atoms with Crippen molar-refractivity contribution in [2.75, 3.05) is 13.7 Å². The molecule has 5 nitrogen and oxygen atoms in total. The third-order valence-electron chi connectivity index (χ3n) is 1.28. The van der Waals surface area contributed by atoms with Crippen LogP contribution in [0.25, 0.3) is 0 Å². The maximum atomic E-state index is 10.3. The van der Waals surface area contributed by atoms with Gasteiger partial charge in [-0.2, -0.15) is 0 Å². The summed E-state index contributed by atoms with van der Waals surface area (Å²) in [7, 11) is 1.56. The van der Waals surface area contributed by atoms with E-state index in [1.165, 1.54) is 6.20 Å². The van der Waals surface area contributed by atoms with E-state index in [9.17, 15) is 4.79 Å². The normalized spacial score (nSPS) is 10.1. The lowest BCUT2D eigenvalue weighted by Gasteiger charge is -1.91. The average molecular weight is 171 g/mol. The predicted molar refractivity (Wildman–Crippen MR) is 39.0 cm³/mol. The third kappa shape index (κ3) is 2.06. The summed E-state index contributed by atoms with van der Waals surface area (Å²) < 4.78 is 9.62. The molecule has 0 atom stereocenters. The lowest BCUT2D eigenvalue weighted by atomic mass is 10.5. The van der Waals surface area contributed by atoms with E-state index in [1.807, 2.05) is 0 Å². The Hall–Kier alpha value is -1.36. The number of carboxylic acid groups (broad SMARTS) is 1. The summed E-state index contributed by atoms with van der Waals surface area (Å²) in [5, 5.41) is 8.46. The highest BCUT2D eigenvalue weighted by Gasteiger charge is 2.09. The van der Waals surface area contributed by atoms with E-state index in [-0.39, 0.29) is 5.76 Å². The van der Waals surface area contributed by atoms with Gasteiger partial charge in [0.2, 0.25) is 5.76 Å². The minimum atomic E-state index is -1.11. The minimum absolute atomic E-state index is 0.138. The van der Waals surface area contributed by atoms with Gasteiger partial charge in [0, 0.05) is 13.5 Å². The van der Waals surface area contributed by atoms with Crippen LogP contribution in [-0.2, 0) is 11.2 Å². The predicted octanol–water partition coefficient (Wildman–Crippen LogP) is 0.562. The van der Waals surface area contributed by atoms with E-state index < -0.39 is 5.97 Å². The van der Waals surface area contributed by atoms with E-state index in [1.54, 1.807) is 7.11 Å². The molecule has 5 heteroatoms. The Morgan fingerprint density at radius 1 is 1.83 bits per heavy atom. The van der Waals surface area contributed by atoms with Gasteiger partial charge in [-0.25, -0.2) is 9.78 Å². The quantitative estimate of drug-likeness (QED) is 0.716. The fourth-order valence-electron chi connectivity index (χ4n) is 0.714. The molecule has 12 heavy (non-hydrogen) atoms. The van der Waals surface area contributed by atoms with Gasteiger partial charge in [-0.3, -0.25) is 0 Å². The molecule has 0 amide bonds. The minimum Gasteiger partial charge on any atom is -0.475 e. The van der Waals surface area contributed by atoms with Crippen LogP contribution in [0.15, 0.2) is 10.6 Å². The summed E-state index contributed by atoms with van der Waals surface area (Å²) >= 11 is 0. The third-order valence-corrected chi connectivity index (χ3v) is 1.28. The first-order chi connectivity index (χ1) is 5.74. The molecule has 0 fully saturated rings. The molecular formula is C7H9NO4. The zero-order valence-electron chi connectivity index (χ0n) is 6.61. The zero-order chi connectivity index (χ0) is 8.97. The van der Waals surface area contributed by atoms with Gasteiger partial charge in [-0.15, -0.1) is 0 Å². The topological polar surface area (TPSA) is 72.6 Å². The molecule has 1 N–H and O–H groups in total. The summed E-state index contributed by atoms with van der Waals surface area (Å²) in [5.74, 6) is -0.860. The van der Waals surface area contributed by atoms with Crippen molar-refractivity contribution in [3.63, 3.8) is 0 Å². The van der Waals surface area contributed by atoms with Crippen molar-refractivity contribution in [1.29, 1.82) is 0 Å². The second-order valence-electron chi connectivity index (χ2n) is 2.17. The Kier molecular flexibility index (Phi) is 2.82. The van der Waals surface area contributed by atoms with Crippen LogP contribution in [0.3, 0.4) is 0 Å². The summed E-state index contributed by atoms with van der Waals surface area (Å²) in [6.07, 6.45) is 1.68. The van der Waals surface area contributed by atoms with Crippen molar-refractivity contribution < 1.29 is 19.1 Å². The van der Waals surface area contributed by atoms with Crippen molar-refractivity contribution in [2.45, 2.75) is 6.42 Å². The number of nitrogens with zero attached hydrogens (tertiary/aromatic N) is 1. The smallest absolute Gasteiger partial charge is 0.373 e. The van der Waals surface area contributed by atoms with Crippen LogP contribution in [-0.4, -0.2) is 29.8 Å². The number of aromatic carboxylic acids is 1. The zero-order valence-corrected chi connectivity index (χ0v) is 6.61. The van der Waals surface area contributed by atoms with Gasteiger partial charge < -0.3 is 14.3 Å². The second kappa shape index (κ2) is 3.87. The Bertz CT molecular complexity index is 268. The van der Waals surface area contributed by atoms with Gasteiger partial charge in [0.15, 0.2) is 5.89 Å². The Morgan fingerprint density at radius 3 is 3.08 bits per heavy atom. The van der Waals surface area contributed by atoms with E-state index in [2.05, 4.69) is 4.98 Å². The number of hydrogen-bond donors (Lipinski definition) is 1. The van der Waals surface area contributed by atoms with Gasteiger partial charge in [-0.1, -0.05) is 0 Å². The summed E-state index contributed by atoms with van der Waals surface area (Å²) in [6.45, 7) is 0.472. The molecule has 0 radical (unpaired) electrons. The fourth-order valence-corrected chi connectivity index (χ4v) is 0.714. The van der Waals surface area contributed by atoms with Crippen LogP contribution >= 0.6 is 0 Å². The standard InChI is InChI=1S/C7H9NO4/c1-11-3-2-6-8-4-5(12-6)7(9)10/h4H,2-3H2,1H3,(H,9,10). The number of methoxy groups -OCH3 is 1. The van der Waals surface area contributed by atoms with Crippen LogP contribution < -0.4 is 0 Å². The van der Waals surface area contributed by atoms with Crippen molar-refractivity contribution in [3.8, 4) is 0 Å². The molecule has 1 heterocycles. The molecule has 0 aliphatic carbocycles. The van der Waals surface area contributed by atoms with E-state index in [0.29, 0.717) is 18.9 Å². The molecule has 0 spiro atoms. The van der Waals surface area contributed by atoms with Gasteiger partial charge in [0.25, 0.3) is 0 Å². The maximum absolute atomic E-state index is 10.3. The van der Waals surface area contributed by atoms with Gasteiger partial charge in [0.05, 0.1) is 12.8 Å². The van der Waals surface area contributed by atoms with Crippen LogP contribution in [0, 0.1) is 0 Å². The van der Waals surface area contributed by atoms with Gasteiger partial charge in [-0.05, 0) is 0 Å². The Morgan fingerprint density at radius 2 is 2.58 bits per heavy atom. The number of ether oxygens (including phenoxy) is 1. The summed E-state index contributed by atoms with van der Waals surface area (Å²) in [6, 6.07) is 0. The molecule has 0 saturated heterocycles. The number of carbonyl (C=O) groups is 1. The number of rotatable bonds is 4. The molecule has 1 aromatic heterocycles. The van der Waals surface area contributed by atoms with E-state index in [4.69, 9.17) is 14.3 Å². The Labute approximate surface area is 69.0 Å². The average Bonchev–Trinajstić information content (AvgIpc) is 2.48. The van der Waals surface area contributed by atoms with Gasteiger partial charge in [0.1, 0.15) is 0 Å². The van der Waals surface area contributed by atoms with Crippen LogP contribution in [0.1, 0.15) is 16.4 Å². The lowest BCUT2D eigenvalue weighted by molar-refractivity contribution is 0.0659. The molecule has 1 aromatic rings. The highest BCUT2D eigenvalue weighted by Crippen LogP contribution is 2.03. The number of oxazole rings is 1. The second-order valence-corrected chi connectivity index (χ2v) is 2.17. The van der Waals surface area contributed by atoms with E-state index in [0.717, 1.165) is 0 Å². The van der Waals surface area contributed by atoms with Crippen molar-refractivity contribution >= 4 is 5.97 Å². The molecule has 0 bridgehead atoms. The van der Waals surface area contributed by atoms with Crippen molar-refractivity contribution in [2.24, 2.45) is 0 Å². The first-order valence-corrected chi connectivity index (χ1v) is 3.41. The maximum Gasteiger partial charge on any atom is 0.373 e. The first kappa shape index (κ1) is 8.73. The molecule has 0 unspecified atom stereocenters. The fraction of sp³-hybridized carbons (Fsp3) is 0.429. The molecule has 0 aliphatic heterocycles. The molecule has 0 aliphatic rings. The lowest BCUT2D eigenvalue weighted by Crippen LogP contribution is -1.94. The molecule has 1 rings (SSSR count). The summed E-state index contributed by atoms with van der Waals surface area (Å²) in [5.41, 5.74) is 0. The highest BCUT2D eigenvalue weighted by atomic mass is 16.5. The molecule has 66 valence electrons. The highest BCUT2D eigenvalue weighted by molar-refractivity contribution is 5.83. The monoisotopic (exact) mass is 171 g/mol. The molecule has 0 aromatic carbocycles. The first-order valence-electron chi connectivity index (χ1n) is 3.41. The van der Waals surface area contributed by atoms with Crippen LogP contribution in [0.2, 0.25) is 0 Å². The number of aromatic nitrogens is 1. The number of hydrogen-bond acceptors (Lipinski definition) is 4. The van der Waals surface area contributed by atoms with Crippen molar-refractivity contribution in [1.82, 2.24) is 4.98 Å². The summed E-state index contributed by atoms with van der Waals surface area (Å²) in [4.78, 5) is 14.1. The Balaban J connectivity index is 2.58. The largest absolute Gasteiger partial charge is 0.475 e. The van der Waals surface area contributed by atoms with Gasteiger partial charge >= 0.3 is 5.97 Å². The van der Waals surface area contributed by atoms with E-state index >= 15 is 0 Å². The molecular weight excluding hydrogens is 162 g/mol. The van der Waals surface area contributed by atoms with Crippen molar-refractivity contribution in [3.05, 3.63) is 17.8 Å². The van der Waals surface area contributed by atoms with Crippen LogP contribution in [0.4, 0.5) is 0 Å². The number of carboxylic acids is 1. The van der Waals surface area contributed by atoms with Crippen LogP contribution in [0.5, 0.6) is 0 Å². The SMILES string of the molecule is COCCc1ncc(C(=O)O)o1. The molecule has 0 saturated carbocycles.